The minimum atomic E-state index is -5.08. The Morgan fingerprint density at radius 3 is 2.10 bits per heavy atom. The largest absolute Gasteiger partial charge is 0.466 e. The number of ether oxygens (including phenoxy) is 1. The fourth-order valence-corrected chi connectivity index (χ4v) is 9.79. The number of rotatable bonds is 14. The lowest BCUT2D eigenvalue weighted by molar-refractivity contribution is -0.215. The third kappa shape index (κ3) is 9.04. The summed E-state index contributed by atoms with van der Waals surface area (Å²) < 4.78 is 100. The molecule has 2 aromatic heterocycles. The van der Waals surface area contributed by atoms with E-state index >= 15 is 0 Å². The Balaban J connectivity index is 2.15. The number of pyridine rings is 1. The van der Waals surface area contributed by atoms with Crippen LogP contribution in [0, 0.1) is 17.8 Å². The van der Waals surface area contributed by atoms with Crippen molar-refractivity contribution in [2.24, 2.45) is 10.8 Å². The normalized spacial score (nSPS) is 19.7. The van der Waals surface area contributed by atoms with Crippen molar-refractivity contribution in [1.82, 2.24) is 19.7 Å². The maximum absolute atomic E-state index is 14.9. The molecule has 0 aromatic carbocycles. The van der Waals surface area contributed by atoms with E-state index in [0.29, 0.717) is 29.3 Å². The second kappa shape index (κ2) is 15.9. The predicted octanol–water partition coefficient (Wildman–Crippen LogP) is 9.74. The van der Waals surface area contributed by atoms with Gasteiger partial charge in [0.25, 0.3) is 5.91 Å². The van der Waals surface area contributed by atoms with Gasteiger partial charge in [-0.1, -0.05) is 32.4 Å². The maximum Gasteiger partial charge on any atom is 0.433 e. The van der Waals surface area contributed by atoms with Crippen LogP contribution in [0.4, 0.5) is 26.3 Å². The van der Waals surface area contributed by atoms with E-state index < -0.39 is 79.9 Å². The van der Waals surface area contributed by atoms with Crippen molar-refractivity contribution in [3.05, 3.63) is 46.0 Å². The van der Waals surface area contributed by atoms with Gasteiger partial charge in [-0.05, 0) is 84.0 Å². The number of carbonyl (C=O) groups is 2. The minimum Gasteiger partial charge on any atom is -0.466 e. The van der Waals surface area contributed by atoms with E-state index in [9.17, 15) is 35.9 Å². The number of hydrogen-bond donors (Lipinski definition) is 0. The first-order valence-corrected chi connectivity index (χ1v) is 20.0. The van der Waals surface area contributed by atoms with E-state index in [2.05, 4.69) is 10.1 Å². The van der Waals surface area contributed by atoms with E-state index in [0.717, 1.165) is 29.6 Å². The van der Waals surface area contributed by atoms with Gasteiger partial charge in [-0.25, -0.2) is 0 Å². The molecule has 16 heteroatoms. The third-order valence-electron chi connectivity index (χ3n) is 10.3. The molecule has 1 saturated carbocycles. The number of halogens is 7. The minimum absolute atomic E-state index is 0.145. The maximum atomic E-state index is 14.9. The predicted molar refractivity (Wildman–Crippen MR) is 180 cm³/mol. The Morgan fingerprint density at radius 1 is 1.04 bits per heavy atom. The van der Waals surface area contributed by atoms with Crippen LogP contribution in [-0.4, -0.2) is 65.7 Å². The van der Waals surface area contributed by atoms with Gasteiger partial charge in [0.2, 0.25) is 0 Å². The summed E-state index contributed by atoms with van der Waals surface area (Å²) in [4.78, 5) is 31.8. The van der Waals surface area contributed by atoms with Crippen LogP contribution in [0.5, 0.6) is 0 Å². The summed E-state index contributed by atoms with van der Waals surface area (Å²) in [6.45, 7) is 11.4. The van der Waals surface area contributed by atoms with Crippen LogP contribution in [0.15, 0.2) is 18.6 Å². The number of aryl methyl sites for hydroxylation is 1. The first kappa shape index (κ1) is 41.8. The standard InChI is InChI=1S/C34H49ClF6N4O4Si/c1-9-48-30(47)32(8)15-13-23(14-16-32)45-28(33(36,37)38)24(18-43-45)29(46)44(21-31(6,7)34(39,40)41)20-26(49-50(10-2,11-3)12-4)27-22(5)17-42-19-25(27)35/h17-19,23,26H,9-16,20-21H2,1-8H3/t23-,26?,32-. The van der Waals surface area contributed by atoms with E-state index in [1.54, 1.807) is 20.8 Å². The number of alkyl halides is 6. The lowest BCUT2D eigenvalue weighted by Crippen LogP contribution is -2.49. The van der Waals surface area contributed by atoms with Crippen molar-refractivity contribution in [1.29, 1.82) is 0 Å². The molecule has 0 N–H and O–H groups in total. The number of aromatic nitrogens is 3. The molecule has 1 amide bonds. The van der Waals surface area contributed by atoms with Crippen LogP contribution in [-0.2, 0) is 20.1 Å². The van der Waals surface area contributed by atoms with Crippen LogP contribution >= 0.6 is 11.6 Å². The van der Waals surface area contributed by atoms with E-state index in [-0.39, 0.29) is 37.3 Å². The molecule has 0 spiro atoms. The smallest absolute Gasteiger partial charge is 0.433 e. The average molecular weight is 755 g/mol. The average Bonchev–Trinajstić information content (AvgIpc) is 3.49. The van der Waals surface area contributed by atoms with Gasteiger partial charge < -0.3 is 14.1 Å². The molecule has 2 heterocycles. The summed E-state index contributed by atoms with van der Waals surface area (Å²) in [5.41, 5.74) is -4.63. The number of carbonyl (C=O) groups excluding carboxylic acids is 2. The molecule has 282 valence electrons. The highest BCUT2D eigenvalue weighted by Gasteiger charge is 2.51. The molecule has 8 nitrogen and oxygen atoms in total. The van der Waals surface area contributed by atoms with Gasteiger partial charge in [0.1, 0.15) is 0 Å². The fraction of sp³-hybridized carbons (Fsp3) is 0.706. The fourth-order valence-electron chi connectivity index (χ4n) is 6.67. The van der Waals surface area contributed by atoms with Gasteiger partial charge >= 0.3 is 18.3 Å². The molecule has 1 aliphatic rings. The van der Waals surface area contributed by atoms with Gasteiger partial charge in [-0.2, -0.15) is 31.4 Å². The third-order valence-corrected chi connectivity index (χ3v) is 15.2. The van der Waals surface area contributed by atoms with Crippen molar-refractivity contribution in [2.75, 3.05) is 19.7 Å². The first-order chi connectivity index (χ1) is 23.1. The number of hydrogen-bond acceptors (Lipinski definition) is 6. The number of nitrogens with zero attached hydrogens (tertiary/aromatic N) is 4. The van der Waals surface area contributed by atoms with Crippen LogP contribution in [0.3, 0.4) is 0 Å². The Morgan fingerprint density at radius 2 is 1.62 bits per heavy atom. The van der Waals surface area contributed by atoms with Crippen molar-refractivity contribution < 1.29 is 45.1 Å². The zero-order valence-corrected chi connectivity index (χ0v) is 31.8. The summed E-state index contributed by atoms with van der Waals surface area (Å²) in [6.07, 6.45) is -6.53. The van der Waals surface area contributed by atoms with Crippen molar-refractivity contribution in [2.45, 2.75) is 124 Å². The summed E-state index contributed by atoms with van der Waals surface area (Å²) in [5.74, 6) is -1.70. The summed E-state index contributed by atoms with van der Waals surface area (Å²) >= 11 is 6.60. The molecule has 2 aromatic rings. The quantitative estimate of drug-likeness (QED) is 0.109. The molecular formula is C34H49ClF6N4O4Si. The number of amides is 1. The van der Waals surface area contributed by atoms with E-state index in [1.807, 2.05) is 20.8 Å². The van der Waals surface area contributed by atoms with Crippen molar-refractivity contribution in [3.63, 3.8) is 0 Å². The lowest BCUT2D eigenvalue weighted by Gasteiger charge is -2.39. The second-order valence-corrected chi connectivity index (χ2v) is 19.3. The molecule has 1 fully saturated rings. The van der Waals surface area contributed by atoms with Gasteiger partial charge in [0, 0.05) is 24.5 Å². The molecule has 50 heavy (non-hydrogen) atoms. The molecule has 3 rings (SSSR count). The van der Waals surface area contributed by atoms with Gasteiger partial charge in [0.15, 0.2) is 14.0 Å². The highest BCUT2D eigenvalue weighted by Crippen LogP contribution is 2.45. The second-order valence-electron chi connectivity index (χ2n) is 14.1. The molecule has 0 bridgehead atoms. The Bertz CT molecular complexity index is 1460. The van der Waals surface area contributed by atoms with Gasteiger partial charge in [-0.15, -0.1) is 0 Å². The van der Waals surface area contributed by atoms with E-state index in [1.165, 1.54) is 12.4 Å². The molecular weight excluding hydrogens is 706 g/mol. The Kier molecular flexibility index (Phi) is 13.3. The molecule has 0 radical (unpaired) electrons. The molecule has 1 atom stereocenters. The summed E-state index contributed by atoms with van der Waals surface area (Å²) in [7, 11) is -2.54. The SMILES string of the molecule is CCOC(=O)[C@]1(C)CC[C@@H](n2ncc(C(=O)N(CC(O[Si](CC)(CC)CC)c3c(C)cncc3Cl)CC(C)(C)C(F)(F)F)c2C(F)(F)F)CC1. The summed E-state index contributed by atoms with van der Waals surface area (Å²) in [6, 6.07) is 1.15. The molecule has 0 aliphatic heterocycles. The highest BCUT2D eigenvalue weighted by molar-refractivity contribution is 6.73. The zero-order valence-electron chi connectivity index (χ0n) is 30.0. The van der Waals surface area contributed by atoms with Crippen LogP contribution in [0.1, 0.15) is 113 Å². The van der Waals surface area contributed by atoms with Crippen molar-refractivity contribution in [3.8, 4) is 0 Å². The van der Waals surface area contributed by atoms with Crippen LogP contribution in [0.2, 0.25) is 23.2 Å². The topological polar surface area (TPSA) is 86.6 Å². The number of esters is 1. The molecule has 0 saturated heterocycles. The van der Waals surface area contributed by atoms with Crippen molar-refractivity contribution >= 4 is 31.8 Å². The molecule has 1 aliphatic carbocycles. The van der Waals surface area contributed by atoms with Gasteiger partial charge in [0.05, 0.1) is 52.9 Å². The molecule has 1 unspecified atom stereocenters. The zero-order chi connectivity index (χ0) is 37.9. The summed E-state index contributed by atoms with van der Waals surface area (Å²) in [5, 5.41) is 4.17. The Labute approximate surface area is 296 Å². The Hall–Kier alpha value is -2.65. The van der Waals surface area contributed by atoms with Gasteiger partial charge in [-0.3, -0.25) is 19.3 Å². The first-order valence-electron chi connectivity index (χ1n) is 17.1. The lowest BCUT2D eigenvalue weighted by atomic mass is 9.74. The monoisotopic (exact) mass is 754 g/mol. The van der Waals surface area contributed by atoms with E-state index in [4.69, 9.17) is 20.8 Å². The van der Waals surface area contributed by atoms with Crippen LogP contribution in [0.25, 0.3) is 0 Å². The van der Waals surface area contributed by atoms with Crippen LogP contribution < -0.4 is 0 Å². The highest BCUT2D eigenvalue weighted by atomic mass is 35.5.